The number of fused-ring (bicyclic) bond motifs is 1. The molecule has 2 aliphatic rings. The highest BCUT2D eigenvalue weighted by Gasteiger charge is 2.44. The van der Waals surface area contributed by atoms with Crippen LogP contribution in [0.1, 0.15) is 42.7 Å². The minimum atomic E-state index is -0.682. The lowest BCUT2D eigenvalue weighted by molar-refractivity contribution is -0.0676. The predicted octanol–water partition coefficient (Wildman–Crippen LogP) is 2.55. The average Bonchev–Trinajstić information content (AvgIpc) is 2.60. The quantitative estimate of drug-likeness (QED) is 0.916. The van der Waals surface area contributed by atoms with E-state index in [1.54, 1.807) is 21.3 Å². The predicted molar refractivity (Wildman–Crippen MR) is 92.8 cm³/mol. The number of nitrogens with zero attached hydrogens (tertiary/aromatic N) is 1. The van der Waals surface area contributed by atoms with Crippen molar-refractivity contribution < 1.29 is 19.3 Å². The molecular formula is C19H29NO4. The van der Waals surface area contributed by atoms with Gasteiger partial charge in [-0.05, 0) is 56.0 Å². The number of hydrogen-bond acceptors (Lipinski definition) is 5. The van der Waals surface area contributed by atoms with Gasteiger partial charge >= 0.3 is 0 Å². The zero-order valence-corrected chi connectivity index (χ0v) is 15.2. The maximum absolute atomic E-state index is 11.4. The van der Waals surface area contributed by atoms with Crippen LogP contribution in [0.4, 0.5) is 0 Å². The van der Waals surface area contributed by atoms with Crippen LogP contribution in [0.3, 0.4) is 0 Å². The van der Waals surface area contributed by atoms with Crippen LogP contribution in [-0.4, -0.2) is 56.6 Å². The molecule has 0 bridgehead atoms. The molecule has 5 nitrogen and oxygen atoms in total. The minimum Gasteiger partial charge on any atom is -0.493 e. The number of methoxy groups -OCH3 is 3. The first-order valence-electron chi connectivity index (χ1n) is 8.69. The van der Waals surface area contributed by atoms with E-state index in [0.29, 0.717) is 0 Å². The van der Waals surface area contributed by atoms with E-state index in [0.717, 1.165) is 50.3 Å². The molecule has 1 unspecified atom stereocenters. The zero-order chi connectivity index (χ0) is 17.3. The maximum Gasteiger partial charge on any atom is 0.161 e. The van der Waals surface area contributed by atoms with Crippen LogP contribution in [0.15, 0.2) is 12.1 Å². The molecule has 1 heterocycles. The van der Waals surface area contributed by atoms with E-state index in [1.165, 1.54) is 11.1 Å². The number of hydrogen-bond donors (Lipinski definition) is 1. The van der Waals surface area contributed by atoms with E-state index in [2.05, 4.69) is 24.1 Å². The van der Waals surface area contributed by atoms with Gasteiger partial charge in [0.05, 0.1) is 25.9 Å². The van der Waals surface area contributed by atoms with Gasteiger partial charge in [-0.2, -0.15) is 0 Å². The summed E-state index contributed by atoms with van der Waals surface area (Å²) >= 11 is 0. The molecule has 1 N–H and O–H groups in total. The number of rotatable bonds is 4. The molecular weight excluding hydrogens is 306 g/mol. The van der Waals surface area contributed by atoms with Gasteiger partial charge in [-0.15, -0.1) is 0 Å². The molecule has 0 radical (unpaired) electrons. The Morgan fingerprint density at radius 1 is 1.08 bits per heavy atom. The molecule has 1 aliphatic heterocycles. The van der Waals surface area contributed by atoms with Crippen molar-refractivity contribution >= 4 is 0 Å². The Bertz CT molecular complexity index is 581. The molecule has 0 amide bonds. The van der Waals surface area contributed by atoms with E-state index in [-0.39, 0.29) is 12.0 Å². The molecule has 1 saturated carbocycles. The monoisotopic (exact) mass is 335 g/mol. The van der Waals surface area contributed by atoms with Crippen LogP contribution >= 0.6 is 0 Å². The number of ether oxygens (including phenoxy) is 3. The van der Waals surface area contributed by atoms with Gasteiger partial charge in [-0.1, -0.05) is 0 Å². The molecule has 1 aromatic rings. The molecule has 1 atom stereocenters. The smallest absolute Gasteiger partial charge is 0.161 e. The Morgan fingerprint density at radius 2 is 1.71 bits per heavy atom. The first kappa shape index (κ1) is 17.5. The van der Waals surface area contributed by atoms with E-state index in [1.807, 2.05) is 0 Å². The number of aliphatic hydroxyl groups is 1. The van der Waals surface area contributed by atoms with E-state index in [4.69, 9.17) is 14.2 Å². The second kappa shape index (κ2) is 6.90. The topological polar surface area (TPSA) is 51.2 Å². The molecule has 1 fully saturated rings. The van der Waals surface area contributed by atoms with Crippen LogP contribution in [0, 0.1) is 0 Å². The van der Waals surface area contributed by atoms with Crippen molar-refractivity contribution in [2.24, 2.45) is 0 Å². The van der Waals surface area contributed by atoms with E-state index >= 15 is 0 Å². The van der Waals surface area contributed by atoms with Gasteiger partial charge in [0.1, 0.15) is 0 Å². The highest BCUT2D eigenvalue weighted by Crippen LogP contribution is 2.46. The lowest BCUT2D eigenvalue weighted by Gasteiger charge is -2.45. The van der Waals surface area contributed by atoms with Gasteiger partial charge in [0, 0.05) is 26.1 Å². The fourth-order valence-electron chi connectivity index (χ4n) is 4.30. The van der Waals surface area contributed by atoms with Crippen LogP contribution in [-0.2, 0) is 11.3 Å². The van der Waals surface area contributed by atoms with Gasteiger partial charge in [0.15, 0.2) is 11.5 Å². The van der Waals surface area contributed by atoms with Gasteiger partial charge in [-0.3, -0.25) is 0 Å². The summed E-state index contributed by atoms with van der Waals surface area (Å²) < 4.78 is 16.4. The Balaban J connectivity index is 1.96. The maximum atomic E-state index is 11.4. The van der Waals surface area contributed by atoms with Crippen LogP contribution in [0.2, 0.25) is 0 Å². The van der Waals surface area contributed by atoms with Crippen molar-refractivity contribution in [1.29, 1.82) is 0 Å². The Kier molecular flexibility index (Phi) is 5.04. The molecule has 0 spiro atoms. The molecule has 0 saturated heterocycles. The van der Waals surface area contributed by atoms with Crippen molar-refractivity contribution in [1.82, 2.24) is 4.90 Å². The summed E-state index contributed by atoms with van der Waals surface area (Å²) in [5.74, 6) is 1.57. The Hall–Kier alpha value is -1.30. The summed E-state index contributed by atoms with van der Waals surface area (Å²) in [6.45, 7) is 1.72. The first-order valence-corrected chi connectivity index (χ1v) is 8.69. The zero-order valence-electron chi connectivity index (χ0n) is 15.2. The number of likely N-dealkylation sites (N-methyl/N-ethyl adjacent to an activating group) is 1. The Morgan fingerprint density at radius 3 is 2.29 bits per heavy atom. The fourth-order valence-corrected chi connectivity index (χ4v) is 4.30. The standard InChI is InChI=1S/C19H29NO4/c1-20-11-13-9-17(23-3)18(24-4)10-15(13)16(12-20)19(21)7-5-14(22-2)6-8-19/h9-10,14,16,21H,5-8,11-12H2,1-4H3. The second-order valence-electron chi connectivity index (χ2n) is 7.19. The third-order valence-corrected chi connectivity index (χ3v) is 5.74. The largest absolute Gasteiger partial charge is 0.493 e. The second-order valence-corrected chi connectivity index (χ2v) is 7.19. The molecule has 3 rings (SSSR count). The van der Waals surface area contributed by atoms with Crippen molar-refractivity contribution in [2.45, 2.75) is 49.9 Å². The van der Waals surface area contributed by atoms with Crippen LogP contribution in [0.25, 0.3) is 0 Å². The van der Waals surface area contributed by atoms with Crippen LogP contribution < -0.4 is 9.47 Å². The highest BCUT2D eigenvalue weighted by molar-refractivity contribution is 5.50. The molecule has 134 valence electrons. The first-order chi connectivity index (χ1) is 11.5. The average molecular weight is 335 g/mol. The van der Waals surface area contributed by atoms with E-state index in [9.17, 15) is 5.11 Å². The van der Waals surface area contributed by atoms with Crippen molar-refractivity contribution in [2.75, 3.05) is 34.9 Å². The van der Waals surface area contributed by atoms with Gasteiger partial charge in [0.2, 0.25) is 0 Å². The molecule has 0 aromatic heterocycles. The van der Waals surface area contributed by atoms with Gasteiger partial charge in [0.25, 0.3) is 0 Å². The summed E-state index contributed by atoms with van der Waals surface area (Å²) in [6.07, 6.45) is 3.65. The third kappa shape index (κ3) is 3.13. The summed E-state index contributed by atoms with van der Waals surface area (Å²) in [7, 11) is 7.19. The van der Waals surface area contributed by atoms with E-state index < -0.39 is 5.60 Å². The Labute approximate surface area is 144 Å². The lowest BCUT2D eigenvalue weighted by atomic mass is 9.70. The van der Waals surface area contributed by atoms with Crippen molar-refractivity contribution in [3.63, 3.8) is 0 Å². The normalized spacial score (nSPS) is 30.7. The van der Waals surface area contributed by atoms with Gasteiger partial charge in [-0.25, -0.2) is 0 Å². The highest BCUT2D eigenvalue weighted by atomic mass is 16.5. The fraction of sp³-hybridized carbons (Fsp3) is 0.684. The minimum absolute atomic E-state index is 0.0869. The van der Waals surface area contributed by atoms with Crippen molar-refractivity contribution in [3.8, 4) is 11.5 Å². The molecule has 5 heteroatoms. The molecule has 24 heavy (non-hydrogen) atoms. The summed E-state index contributed by atoms with van der Waals surface area (Å²) in [4.78, 5) is 2.28. The van der Waals surface area contributed by atoms with Crippen LogP contribution in [0.5, 0.6) is 11.5 Å². The van der Waals surface area contributed by atoms with Gasteiger partial charge < -0.3 is 24.2 Å². The summed E-state index contributed by atoms with van der Waals surface area (Å²) in [5.41, 5.74) is 1.73. The summed E-state index contributed by atoms with van der Waals surface area (Å²) in [6, 6.07) is 4.12. The molecule has 1 aliphatic carbocycles. The SMILES string of the molecule is COc1cc2c(cc1OC)C(C1(O)CCC(OC)CC1)CN(C)C2. The van der Waals surface area contributed by atoms with Crippen molar-refractivity contribution in [3.05, 3.63) is 23.3 Å². The summed E-state index contributed by atoms with van der Waals surface area (Å²) in [5, 5.41) is 11.4. The third-order valence-electron chi connectivity index (χ3n) is 5.74. The lowest BCUT2D eigenvalue weighted by Crippen LogP contribution is -2.47. The number of benzene rings is 1. The molecule has 1 aromatic carbocycles.